The molecule has 7 nitrogen and oxygen atoms in total. The second kappa shape index (κ2) is 7.34. The zero-order valence-corrected chi connectivity index (χ0v) is 16.5. The van der Waals surface area contributed by atoms with Gasteiger partial charge in [0.2, 0.25) is 10.0 Å². The van der Waals surface area contributed by atoms with E-state index in [-0.39, 0.29) is 16.2 Å². The Bertz CT molecular complexity index is 912. The molecule has 26 heavy (non-hydrogen) atoms. The maximum atomic E-state index is 12.9. The van der Waals surface area contributed by atoms with Crippen molar-refractivity contribution in [3.05, 3.63) is 34.3 Å². The van der Waals surface area contributed by atoms with Gasteiger partial charge in [-0.15, -0.1) is 11.3 Å². The molecular formula is C17H21N3O4S2. The third-order valence-corrected chi connectivity index (χ3v) is 7.27. The topological polar surface area (TPSA) is 88.6 Å². The molecule has 1 N–H and O–H groups in total. The number of carbonyl (C=O) groups excluding carboxylic acids is 1. The summed E-state index contributed by atoms with van der Waals surface area (Å²) in [5.74, 6) is -0.173. The number of hydrogen-bond donors (Lipinski definition) is 1. The van der Waals surface area contributed by atoms with Gasteiger partial charge in [0.05, 0.1) is 12.8 Å². The van der Waals surface area contributed by atoms with Crippen LogP contribution >= 0.6 is 11.3 Å². The number of anilines is 1. The van der Waals surface area contributed by atoms with Crippen LogP contribution in [0, 0.1) is 13.8 Å². The van der Waals surface area contributed by atoms with Gasteiger partial charge in [-0.1, -0.05) is 0 Å². The van der Waals surface area contributed by atoms with Gasteiger partial charge in [-0.05, 0) is 44.9 Å². The lowest BCUT2D eigenvalue weighted by Crippen LogP contribution is -2.28. The predicted octanol–water partition coefficient (Wildman–Crippen LogP) is 2.81. The van der Waals surface area contributed by atoms with Gasteiger partial charge in [-0.3, -0.25) is 10.1 Å². The minimum atomic E-state index is -3.70. The van der Waals surface area contributed by atoms with Gasteiger partial charge in [-0.25, -0.2) is 13.4 Å². The third-order valence-electron chi connectivity index (χ3n) is 4.36. The molecule has 0 saturated carbocycles. The Morgan fingerprint density at radius 3 is 2.54 bits per heavy atom. The Morgan fingerprint density at radius 2 is 1.96 bits per heavy atom. The smallest absolute Gasteiger partial charge is 0.257 e. The SMILES string of the molecule is COc1ccc(C(=O)Nc2nc(C)c(C)s2)cc1S(=O)(=O)N1CCCC1. The van der Waals surface area contributed by atoms with E-state index in [2.05, 4.69) is 10.3 Å². The van der Waals surface area contributed by atoms with Gasteiger partial charge < -0.3 is 4.74 Å². The van der Waals surface area contributed by atoms with Gasteiger partial charge in [-0.2, -0.15) is 4.31 Å². The molecule has 0 bridgehead atoms. The average Bonchev–Trinajstić information content (AvgIpc) is 3.25. The summed E-state index contributed by atoms with van der Waals surface area (Å²) in [5, 5.41) is 3.22. The van der Waals surface area contributed by atoms with Crippen LogP contribution < -0.4 is 10.1 Å². The van der Waals surface area contributed by atoms with E-state index < -0.39 is 15.9 Å². The van der Waals surface area contributed by atoms with Crippen molar-refractivity contribution in [1.29, 1.82) is 0 Å². The second-order valence-electron chi connectivity index (χ2n) is 6.09. The predicted molar refractivity (Wildman–Crippen MR) is 101 cm³/mol. The summed E-state index contributed by atoms with van der Waals surface area (Å²) in [4.78, 5) is 17.9. The first-order valence-electron chi connectivity index (χ1n) is 8.26. The highest BCUT2D eigenvalue weighted by atomic mass is 32.2. The first-order valence-corrected chi connectivity index (χ1v) is 10.5. The van der Waals surface area contributed by atoms with Crippen molar-refractivity contribution in [2.24, 2.45) is 0 Å². The van der Waals surface area contributed by atoms with E-state index in [9.17, 15) is 13.2 Å². The molecule has 0 aliphatic carbocycles. The number of carbonyl (C=O) groups is 1. The number of benzene rings is 1. The van der Waals surface area contributed by atoms with Crippen LogP contribution in [0.25, 0.3) is 0 Å². The first kappa shape index (κ1) is 18.8. The van der Waals surface area contributed by atoms with Crippen molar-refractivity contribution in [2.45, 2.75) is 31.6 Å². The number of amides is 1. The van der Waals surface area contributed by atoms with Crippen LogP contribution in [0.15, 0.2) is 23.1 Å². The van der Waals surface area contributed by atoms with E-state index >= 15 is 0 Å². The molecule has 140 valence electrons. The van der Waals surface area contributed by atoms with Crippen molar-refractivity contribution in [2.75, 3.05) is 25.5 Å². The lowest BCUT2D eigenvalue weighted by atomic mass is 10.2. The summed E-state index contributed by atoms with van der Waals surface area (Å²) in [7, 11) is -2.28. The lowest BCUT2D eigenvalue weighted by Gasteiger charge is -2.18. The Morgan fingerprint density at radius 1 is 1.27 bits per heavy atom. The van der Waals surface area contributed by atoms with Crippen LogP contribution in [0.5, 0.6) is 5.75 Å². The molecule has 0 spiro atoms. The summed E-state index contributed by atoms with van der Waals surface area (Å²) in [6.07, 6.45) is 1.68. The van der Waals surface area contributed by atoms with Crippen LogP contribution in [0.3, 0.4) is 0 Å². The third kappa shape index (κ3) is 3.60. The van der Waals surface area contributed by atoms with Gasteiger partial charge >= 0.3 is 0 Å². The van der Waals surface area contributed by atoms with Gasteiger partial charge in [0.15, 0.2) is 5.13 Å². The zero-order valence-electron chi connectivity index (χ0n) is 14.9. The maximum Gasteiger partial charge on any atom is 0.257 e. The average molecular weight is 396 g/mol. The summed E-state index contributed by atoms with van der Waals surface area (Å²) in [5.41, 5.74) is 1.10. The Labute approximate surface area is 157 Å². The minimum absolute atomic E-state index is 0.0149. The molecule has 0 unspecified atom stereocenters. The van der Waals surface area contributed by atoms with E-state index in [0.717, 1.165) is 23.4 Å². The van der Waals surface area contributed by atoms with E-state index in [1.54, 1.807) is 6.07 Å². The molecule has 0 radical (unpaired) electrons. The number of nitrogens with one attached hydrogen (secondary N) is 1. The number of ether oxygens (including phenoxy) is 1. The maximum absolute atomic E-state index is 12.9. The number of thiazole rings is 1. The molecule has 1 amide bonds. The van der Waals surface area contributed by atoms with Gasteiger partial charge in [0.25, 0.3) is 5.91 Å². The largest absolute Gasteiger partial charge is 0.495 e. The number of aromatic nitrogens is 1. The van der Waals surface area contributed by atoms with Gasteiger partial charge in [0, 0.05) is 23.5 Å². The number of nitrogens with zero attached hydrogens (tertiary/aromatic N) is 2. The molecule has 9 heteroatoms. The molecular weight excluding hydrogens is 374 g/mol. The van der Waals surface area contributed by atoms with Crippen LogP contribution in [0.4, 0.5) is 5.13 Å². The fourth-order valence-corrected chi connectivity index (χ4v) is 5.29. The Hall–Kier alpha value is -1.97. The summed E-state index contributed by atoms with van der Waals surface area (Å²) in [6, 6.07) is 4.43. The van der Waals surface area contributed by atoms with E-state index in [0.29, 0.717) is 18.2 Å². The molecule has 1 aliphatic heterocycles. The van der Waals surface area contributed by atoms with Crippen LogP contribution in [-0.4, -0.2) is 43.8 Å². The van der Waals surface area contributed by atoms with Crippen molar-refractivity contribution in [1.82, 2.24) is 9.29 Å². The molecule has 2 heterocycles. The van der Waals surface area contributed by atoms with Crippen LogP contribution in [0.2, 0.25) is 0 Å². The number of aryl methyl sites for hydroxylation is 2. The quantitative estimate of drug-likeness (QED) is 0.841. The van der Waals surface area contributed by atoms with E-state index in [1.807, 2.05) is 13.8 Å². The molecule has 1 saturated heterocycles. The molecule has 1 aromatic heterocycles. The Kier molecular flexibility index (Phi) is 5.31. The zero-order chi connectivity index (χ0) is 18.9. The lowest BCUT2D eigenvalue weighted by molar-refractivity contribution is 0.102. The van der Waals surface area contributed by atoms with E-state index in [1.165, 1.54) is 34.9 Å². The first-order chi connectivity index (χ1) is 12.3. The molecule has 0 atom stereocenters. The monoisotopic (exact) mass is 395 g/mol. The summed E-state index contributed by atoms with van der Waals surface area (Å²) in [6.45, 7) is 4.77. The summed E-state index contributed by atoms with van der Waals surface area (Å²) < 4.78 is 32.4. The van der Waals surface area contributed by atoms with E-state index in [4.69, 9.17) is 4.74 Å². The molecule has 2 aromatic rings. The highest BCUT2D eigenvalue weighted by molar-refractivity contribution is 7.89. The van der Waals surface area contributed by atoms with Crippen molar-refractivity contribution < 1.29 is 17.9 Å². The number of methoxy groups -OCH3 is 1. The van der Waals surface area contributed by atoms with Crippen LogP contribution in [-0.2, 0) is 10.0 Å². The highest BCUT2D eigenvalue weighted by Crippen LogP contribution is 2.30. The number of sulfonamides is 1. The normalized spacial score (nSPS) is 15.2. The van der Waals surface area contributed by atoms with Crippen molar-refractivity contribution in [3.63, 3.8) is 0 Å². The molecule has 1 aliphatic rings. The minimum Gasteiger partial charge on any atom is -0.495 e. The van der Waals surface area contributed by atoms with Crippen LogP contribution in [0.1, 0.15) is 33.8 Å². The number of rotatable bonds is 5. The number of hydrogen-bond acceptors (Lipinski definition) is 6. The van der Waals surface area contributed by atoms with Gasteiger partial charge in [0.1, 0.15) is 10.6 Å². The van der Waals surface area contributed by atoms with Crippen molar-refractivity contribution >= 4 is 32.4 Å². The Balaban J connectivity index is 1.92. The second-order valence-corrected chi connectivity index (χ2v) is 9.20. The molecule has 3 rings (SSSR count). The standard InChI is InChI=1S/C17H21N3O4S2/c1-11-12(2)25-17(18-11)19-16(21)13-6-7-14(24-3)15(10-13)26(22,23)20-8-4-5-9-20/h6-7,10H,4-5,8-9H2,1-3H3,(H,18,19,21). The fourth-order valence-electron chi connectivity index (χ4n) is 2.78. The summed E-state index contributed by atoms with van der Waals surface area (Å²) >= 11 is 1.38. The highest BCUT2D eigenvalue weighted by Gasteiger charge is 2.30. The fraction of sp³-hybridized carbons (Fsp3) is 0.412. The van der Waals surface area contributed by atoms with Crippen molar-refractivity contribution in [3.8, 4) is 5.75 Å². The molecule has 1 aromatic carbocycles. The molecule has 1 fully saturated rings.